The van der Waals surface area contributed by atoms with Crippen LogP contribution >= 0.6 is 0 Å². The van der Waals surface area contributed by atoms with Gasteiger partial charge in [0.1, 0.15) is 0 Å². The Hall–Kier alpha value is -1.89. The summed E-state index contributed by atoms with van der Waals surface area (Å²) in [5.74, 6) is 2.30. The number of hydrogen-bond donors (Lipinski definition) is 1. The zero-order valence-electron chi connectivity index (χ0n) is 20.0. The highest BCUT2D eigenvalue weighted by atomic mass is 16.1. The van der Waals surface area contributed by atoms with Crippen LogP contribution in [0.15, 0.2) is 12.1 Å². The molecule has 3 aliphatic rings. The molecular formula is C25H42N6O. The van der Waals surface area contributed by atoms with Gasteiger partial charge in [0, 0.05) is 44.7 Å². The number of rotatable bonds is 7. The van der Waals surface area contributed by atoms with Crippen LogP contribution in [-0.4, -0.2) is 72.9 Å². The number of amides is 1. The molecular weight excluding hydrogens is 400 g/mol. The summed E-state index contributed by atoms with van der Waals surface area (Å²) in [5, 5.41) is 12.2. The van der Waals surface area contributed by atoms with Crippen LogP contribution in [0.1, 0.15) is 71.1 Å². The second-order valence-corrected chi connectivity index (χ2v) is 9.94. The third-order valence-corrected chi connectivity index (χ3v) is 7.63. The number of nitrogens with one attached hydrogen (secondary N) is 1. The van der Waals surface area contributed by atoms with Crippen molar-refractivity contribution in [3.05, 3.63) is 12.1 Å². The molecule has 7 nitrogen and oxygen atoms in total. The number of carbonyl (C=O) groups is 1. The minimum Gasteiger partial charge on any atom is -0.356 e. The average molecular weight is 443 g/mol. The van der Waals surface area contributed by atoms with Crippen LogP contribution in [0.4, 0.5) is 11.6 Å². The molecule has 4 rings (SSSR count). The monoisotopic (exact) mass is 442 g/mol. The van der Waals surface area contributed by atoms with Gasteiger partial charge in [-0.3, -0.25) is 4.79 Å². The lowest BCUT2D eigenvalue weighted by Gasteiger charge is -2.32. The molecule has 1 atom stereocenters. The Kier molecular flexibility index (Phi) is 8.60. The third kappa shape index (κ3) is 6.33. The summed E-state index contributed by atoms with van der Waals surface area (Å²) in [4.78, 5) is 19.9. The predicted molar refractivity (Wildman–Crippen MR) is 130 cm³/mol. The molecule has 0 spiro atoms. The molecule has 1 unspecified atom stereocenters. The van der Waals surface area contributed by atoms with E-state index >= 15 is 0 Å². The lowest BCUT2D eigenvalue weighted by atomic mass is 9.96. The molecule has 0 aromatic carbocycles. The molecule has 7 heteroatoms. The Balaban J connectivity index is 1.16. The minimum atomic E-state index is 0.125. The standard InChI is InChI=1S/C25H42N6O/c1-21(29-15-5-2-3-6-16-29)11-14-26-25(32)22-12-19-31(20-13-22)24-10-9-23(27-28-24)30-17-7-4-8-18-30/h9-10,21-22H,2-8,11-20H2,1H3,(H,26,32). The van der Waals surface area contributed by atoms with Crippen LogP contribution < -0.4 is 15.1 Å². The topological polar surface area (TPSA) is 64.6 Å². The highest BCUT2D eigenvalue weighted by Gasteiger charge is 2.26. The van der Waals surface area contributed by atoms with E-state index in [1.165, 1.54) is 58.0 Å². The number of carbonyl (C=O) groups excluding carboxylic acids is 1. The molecule has 3 saturated heterocycles. The Labute approximate surface area is 193 Å². The molecule has 3 aliphatic heterocycles. The maximum Gasteiger partial charge on any atom is 0.223 e. The van der Waals surface area contributed by atoms with Gasteiger partial charge in [0.2, 0.25) is 5.91 Å². The first-order chi connectivity index (χ1) is 15.7. The summed E-state index contributed by atoms with van der Waals surface area (Å²) in [6, 6.07) is 4.76. The quantitative estimate of drug-likeness (QED) is 0.698. The summed E-state index contributed by atoms with van der Waals surface area (Å²) >= 11 is 0. The highest BCUT2D eigenvalue weighted by Crippen LogP contribution is 2.24. The number of anilines is 2. The average Bonchev–Trinajstić information content (AvgIpc) is 3.14. The summed E-state index contributed by atoms with van der Waals surface area (Å²) in [6.45, 7) is 9.47. The van der Waals surface area contributed by atoms with E-state index in [9.17, 15) is 4.79 Å². The van der Waals surface area contributed by atoms with Crippen LogP contribution in [0, 0.1) is 5.92 Å². The van der Waals surface area contributed by atoms with Gasteiger partial charge in [-0.15, -0.1) is 10.2 Å². The lowest BCUT2D eigenvalue weighted by molar-refractivity contribution is -0.125. The van der Waals surface area contributed by atoms with Crippen LogP contribution in [0.2, 0.25) is 0 Å². The van der Waals surface area contributed by atoms with E-state index in [1.54, 1.807) is 0 Å². The van der Waals surface area contributed by atoms with Crippen molar-refractivity contribution in [3.63, 3.8) is 0 Å². The molecule has 178 valence electrons. The molecule has 0 saturated carbocycles. The molecule has 32 heavy (non-hydrogen) atoms. The molecule has 0 bridgehead atoms. The normalized spacial score (nSPS) is 22.4. The van der Waals surface area contributed by atoms with Gasteiger partial charge in [-0.1, -0.05) is 12.8 Å². The van der Waals surface area contributed by atoms with Crippen molar-refractivity contribution in [2.24, 2.45) is 5.92 Å². The van der Waals surface area contributed by atoms with E-state index in [4.69, 9.17) is 0 Å². The molecule has 1 aromatic heterocycles. The largest absolute Gasteiger partial charge is 0.356 e. The van der Waals surface area contributed by atoms with E-state index in [0.29, 0.717) is 6.04 Å². The highest BCUT2D eigenvalue weighted by molar-refractivity contribution is 5.78. The van der Waals surface area contributed by atoms with Crippen molar-refractivity contribution in [2.75, 3.05) is 55.6 Å². The van der Waals surface area contributed by atoms with E-state index in [-0.39, 0.29) is 11.8 Å². The Bertz CT molecular complexity index is 689. The van der Waals surface area contributed by atoms with Crippen molar-refractivity contribution in [2.45, 2.75) is 77.2 Å². The second kappa shape index (κ2) is 11.8. The summed E-state index contributed by atoms with van der Waals surface area (Å²) < 4.78 is 0. The molecule has 3 fully saturated rings. The van der Waals surface area contributed by atoms with Gasteiger partial charge in [-0.05, 0) is 83.5 Å². The van der Waals surface area contributed by atoms with E-state index in [1.807, 2.05) is 0 Å². The number of piperidine rings is 2. The fraction of sp³-hybridized carbons (Fsp3) is 0.800. The molecule has 4 heterocycles. The zero-order chi connectivity index (χ0) is 22.2. The van der Waals surface area contributed by atoms with Crippen molar-refractivity contribution in [1.29, 1.82) is 0 Å². The fourth-order valence-corrected chi connectivity index (χ4v) is 5.42. The Morgan fingerprint density at radius 1 is 0.875 bits per heavy atom. The van der Waals surface area contributed by atoms with Crippen molar-refractivity contribution in [1.82, 2.24) is 20.4 Å². The van der Waals surface area contributed by atoms with E-state index in [2.05, 4.69) is 49.3 Å². The number of nitrogens with zero attached hydrogens (tertiary/aromatic N) is 5. The van der Waals surface area contributed by atoms with Gasteiger partial charge >= 0.3 is 0 Å². The first kappa shape index (κ1) is 23.3. The minimum absolute atomic E-state index is 0.125. The van der Waals surface area contributed by atoms with Crippen LogP contribution in [0.25, 0.3) is 0 Å². The number of aromatic nitrogens is 2. The van der Waals surface area contributed by atoms with Crippen molar-refractivity contribution < 1.29 is 4.79 Å². The van der Waals surface area contributed by atoms with Gasteiger partial charge in [0.05, 0.1) is 0 Å². The van der Waals surface area contributed by atoms with Gasteiger partial charge in [0.25, 0.3) is 0 Å². The van der Waals surface area contributed by atoms with Gasteiger partial charge < -0.3 is 20.0 Å². The van der Waals surface area contributed by atoms with Crippen LogP contribution in [-0.2, 0) is 4.79 Å². The lowest BCUT2D eigenvalue weighted by Crippen LogP contribution is -2.42. The second-order valence-electron chi connectivity index (χ2n) is 9.94. The molecule has 1 aromatic rings. The zero-order valence-corrected chi connectivity index (χ0v) is 20.0. The first-order valence-electron chi connectivity index (χ1n) is 13.1. The Morgan fingerprint density at radius 3 is 2.00 bits per heavy atom. The van der Waals surface area contributed by atoms with Gasteiger partial charge in [0.15, 0.2) is 11.6 Å². The summed E-state index contributed by atoms with van der Waals surface area (Å²) in [6.07, 6.45) is 12.0. The molecule has 0 radical (unpaired) electrons. The van der Waals surface area contributed by atoms with Gasteiger partial charge in [-0.2, -0.15) is 0 Å². The van der Waals surface area contributed by atoms with E-state index < -0.39 is 0 Å². The molecule has 1 amide bonds. The SMILES string of the molecule is CC(CCNC(=O)C1CCN(c2ccc(N3CCCCC3)nn2)CC1)N1CCCCCC1. The molecule has 0 aliphatic carbocycles. The first-order valence-corrected chi connectivity index (χ1v) is 13.1. The maximum atomic E-state index is 12.7. The predicted octanol–water partition coefficient (Wildman–Crippen LogP) is 3.45. The molecule has 1 N–H and O–H groups in total. The maximum absolute atomic E-state index is 12.7. The Morgan fingerprint density at radius 2 is 1.41 bits per heavy atom. The summed E-state index contributed by atoms with van der Waals surface area (Å²) in [5.41, 5.74) is 0. The van der Waals surface area contributed by atoms with Crippen molar-refractivity contribution in [3.8, 4) is 0 Å². The van der Waals surface area contributed by atoms with Crippen molar-refractivity contribution >= 4 is 17.5 Å². The number of hydrogen-bond acceptors (Lipinski definition) is 6. The summed E-state index contributed by atoms with van der Waals surface area (Å²) in [7, 11) is 0. The fourth-order valence-electron chi connectivity index (χ4n) is 5.42. The van der Waals surface area contributed by atoms with Crippen LogP contribution in [0.3, 0.4) is 0 Å². The number of likely N-dealkylation sites (tertiary alicyclic amines) is 1. The van der Waals surface area contributed by atoms with Crippen LogP contribution in [0.5, 0.6) is 0 Å². The smallest absolute Gasteiger partial charge is 0.223 e. The van der Waals surface area contributed by atoms with Gasteiger partial charge in [-0.25, -0.2) is 0 Å². The van der Waals surface area contributed by atoms with E-state index in [0.717, 1.165) is 63.6 Å². The third-order valence-electron chi connectivity index (χ3n) is 7.63.